The molecule has 0 unspecified atom stereocenters. The van der Waals surface area contributed by atoms with E-state index in [1.165, 1.54) is 11.3 Å². The average Bonchev–Trinajstić information content (AvgIpc) is 3.27. The third-order valence-electron chi connectivity index (χ3n) is 4.16. The molecule has 1 N–H and O–H groups in total. The van der Waals surface area contributed by atoms with E-state index >= 15 is 0 Å². The summed E-state index contributed by atoms with van der Waals surface area (Å²) in [5, 5.41) is 12.0. The molecule has 8 heteroatoms. The highest BCUT2D eigenvalue weighted by molar-refractivity contribution is 9.10. The van der Waals surface area contributed by atoms with Gasteiger partial charge < -0.3 is 9.52 Å². The Morgan fingerprint density at radius 2 is 1.93 bits per heavy atom. The van der Waals surface area contributed by atoms with Crippen molar-refractivity contribution < 1.29 is 19.1 Å². The molecule has 5 nitrogen and oxygen atoms in total. The van der Waals surface area contributed by atoms with Gasteiger partial charge >= 0.3 is 5.97 Å². The first-order chi connectivity index (χ1) is 13.4. The van der Waals surface area contributed by atoms with Crippen LogP contribution in [0.5, 0.6) is 0 Å². The fourth-order valence-corrected chi connectivity index (χ4v) is 4.47. The van der Waals surface area contributed by atoms with Crippen LogP contribution in [0.1, 0.15) is 25.9 Å². The Morgan fingerprint density at radius 3 is 2.61 bits per heavy atom. The Morgan fingerprint density at radius 1 is 1.18 bits per heavy atom. The zero-order valence-corrected chi connectivity index (χ0v) is 17.3. The number of hydrogen-bond acceptors (Lipinski definition) is 5. The molecule has 0 fully saturated rings. The van der Waals surface area contributed by atoms with Crippen LogP contribution in [-0.4, -0.2) is 21.8 Å². The number of aromatic nitrogens is 1. The summed E-state index contributed by atoms with van der Waals surface area (Å²) >= 11 is 10.5. The number of benzene rings is 2. The molecule has 2 aromatic heterocycles. The summed E-state index contributed by atoms with van der Waals surface area (Å²) in [5.74, 6) is -1.51. The van der Waals surface area contributed by atoms with Gasteiger partial charge in [0.15, 0.2) is 5.58 Å². The van der Waals surface area contributed by atoms with Crippen LogP contribution < -0.4 is 0 Å². The van der Waals surface area contributed by atoms with Crippen molar-refractivity contribution in [3.05, 3.63) is 73.7 Å². The maximum absolute atomic E-state index is 12.7. The van der Waals surface area contributed by atoms with E-state index in [-0.39, 0.29) is 23.7 Å². The van der Waals surface area contributed by atoms with Crippen molar-refractivity contribution in [2.75, 3.05) is 0 Å². The minimum absolute atomic E-state index is 0.0420. The van der Waals surface area contributed by atoms with Gasteiger partial charge in [-0.1, -0.05) is 29.8 Å². The number of nitrogens with zero attached hydrogens (tertiary/aromatic N) is 1. The Bertz CT molecular complexity index is 1210. The largest absolute Gasteiger partial charge is 0.478 e. The van der Waals surface area contributed by atoms with Crippen molar-refractivity contribution in [1.82, 2.24) is 4.98 Å². The quantitative estimate of drug-likeness (QED) is 0.352. The van der Waals surface area contributed by atoms with E-state index < -0.39 is 5.97 Å². The molecule has 0 bridgehead atoms. The number of halogens is 2. The minimum Gasteiger partial charge on any atom is -0.478 e. The summed E-state index contributed by atoms with van der Waals surface area (Å²) in [5.41, 5.74) is 2.43. The highest BCUT2D eigenvalue weighted by atomic mass is 79.9. The lowest BCUT2D eigenvalue weighted by molar-refractivity contribution is 0.0697. The van der Waals surface area contributed by atoms with Gasteiger partial charge in [0.1, 0.15) is 5.52 Å². The van der Waals surface area contributed by atoms with Crippen LogP contribution in [0.15, 0.2) is 56.7 Å². The maximum atomic E-state index is 12.7. The third-order valence-corrected chi connectivity index (χ3v) is 6.03. The van der Waals surface area contributed by atoms with Crippen molar-refractivity contribution >= 4 is 61.7 Å². The van der Waals surface area contributed by atoms with Gasteiger partial charge in [0.2, 0.25) is 5.78 Å². The van der Waals surface area contributed by atoms with Gasteiger partial charge in [-0.25, -0.2) is 9.78 Å². The summed E-state index contributed by atoms with van der Waals surface area (Å²) in [6, 6.07) is 12.2. The van der Waals surface area contributed by atoms with Gasteiger partial charge in [0, 0.05) is 15.5 Å². The second-order valence-corrected chi connectivity index (χ2v) is 8.22. The van der Waals surface area contributed by atoms with E-state index in [9.17, 15) is 14.7 Å². The number of oxazole rings is 1. The molecule has 0 aliphatic rings. The summed E-state index contributed by atoms with van der Waals surface area (Å²) in [6.45, 7) is 0. The number of carbonyl (C=O) groups excluding carboxylic acids is 1. The molecule has 2 heterocycles. The average molecular weight is 477 g/mol. The zero-order chi connectivity index (χ0) is 19.8. The SMILES string of the molecule is O=C(Cc1scc(-c2ccc(Cl)cc2)c1C(=O)O)c1nc2cccc(Br)c2o1. The number of carbonyl (C=O) groups is 2. The van der Waals surface area contributed by atoms with Crippen molar-refractivity contribution in [2.24, 2.45) is 0 Å². The molecule has 0 amide bonds. The molecule has 0 saturated carbocycles. The van der Waals surface area contributed by atoms with E-state index in [2.05, 4.69) is 20.9 Å². The third kappa shape index (κ3) is 3.48. The van der Waals surface area contributed by atoms with Crippen LogP contribution in [0.3, 0.4) is 0 Å². The molecule has 0 radical (unpaired) electrons. The molecule has 140 valence electrons. The molecular formula is C20H11BrClNO4S. The molecule has 0 atom stereocenters. The van der Waals surface area contributed by atoms with Crippen molar-refractivity contribution in [2.45, 2.75) is 6.42 Å². The number of ketones is 1. The Hall–Kier alpha value is -2.48. The minimum atomic E-state index is -1.09. The summed E-state index contributed by atoms with van der Waals surface area (Å²) in [6.07, 6.45) is -0.107. The molecule has 4 rings (SSSR count). The summed E-state index contributed by atoms with van der Waals surface area (Å²) in [4.78, 5) is 29.2. The Labute approximate surface area is 176 Å². The molecule has 0 aliphatic carbocycles. The lowest BCUT2D eigenvalue weighted by Gasteiger charge is -2.03. The van der Waals surface area contributed by atoms with Gasteiger partial charge in [-0.05, 0) is 51.1 Å². The van der Waals surface area contributed by atoms with E-state index in [0.29, 0.717) is 31.0 Å². The fraction of sp³-hybridized carbons (Fsp3) is 0.0500. The number of thiophene rings is 1. The predicted molar refractivity (Wildman–Crippen MR) is 111 cm³/mol. The highest BCUT2D eigenvalue weighted by Gasteiger charge is 2.24. The fourth-order valence-electron chi connectivity index (χ4n) is 2.86. The predicted octanol–water partition coefficient (Wildman–Crippen LogP) is 6.10. The van der Waals surface area contributed by atoms with Crippen LogP contribution in [0.25, 0.3) is 22.2 Å². The number of para-hydroxylation sites is 1. The lowest BCUT2D eigenvalue weighted by Crippen LogP contribution is -2.07. The molecule has 0 aliphatic heterocycles. The van der Waals surface area contributed by atoms with Crippen LogP contribution >= 0.6 is 38.9 Å². The van der Waals surface area contributed by atoms with Crippen LogP contribution in [0.4, 0.5) is 0 Å². The van der Waals surface area contributed by atoms with Gasteiger partial charge in [-0.2, -0.15) is 0 Å². The second-order valence-electron chi connectivity index (χ2n) is 5.97. The highest BCUT2D eigenvalue weighted by Crippen LogP contribution is 2.33. The Kier molecular flexibility index (Phi) is 5.05. The smallest absolute Gasteiger partial charge is 0.337 e. The molecule has 0 saturated heterocycles. The zero-order valence-electron chi connectivity index (χ0n) is 14.1. The van der Waals surface area contributed by atoms with Crippen molar-refractivity contribution in [1.29, 1.82) is 0 Å². The number of fused-ring (bicyclic) bond motifs is 1. The first-order valence-electron chi connectivity index (χ1n) is 8.12. The number of aromatic carboxylic acids is 1. The van der Waals surface area contributed by atoms with E-state index in [4.69, 9.17) is 16.0 Å². The molecule has 4 aromatic rings. The van der Waals surface area contributed by atoms with Crippen LogP contribution in [-0.2, 0) is 6.42 Å². The number of hydrogen-bond donors (Lipinski definition) is 1. The van der Waals surface area contributed by atoms with Gasteiger partial charge in [0.05, 0.1) is 16.5 Å². The maximum Gasteiger partial charge on any atom is 0.337 e. The van der Waals surface area contributed by atoms with Crippen LogP contribution in [0, 0.1) is 0 Å². The second kappa shape index (κ2) is 7.50. The normalized spacial score (nSPS) is 11.1. The standard InChI is InChI=1S/C20H11BrClNO4S/c21-13-2-1-3-14-18(13)27-19(23-14)15(24)8-16-17(20(25)26)12(9-28-16)10-4-6-11(22)7-5-10/h1-7,9H,8H2,(H,25,26). The van der Waals surface area contributed by atoms with Crippen molar-refractivity contribution in [3.63, 3.8) is 0 Å². The molecule has 0 spiro atoms. The summed E-state index contributed by atoms with van der Waals surface area (Å²) < 4.78 is 6.27. The molecule has 28 heavy (non-hydrogen) atoms. The van der Waals surface area contributed by atoms with Gasteiger partial charge in [0.25, 0.3) is 5.89 Å². The summed E-state index contributed by atoms with van der Waals surface area (Å²) in [7, 11) is 0. The number of carboxylic acids is 1. The number of carboxylic acid groups (broad SMARTS) is 1. The topological polar surface area (TPSA) is 80.4 Å². The molecular weight excluding hydrogens is 466 g/mol. The monoisotopic (exact) mass is 475 g/mol. The van der Waals surface area contributed by atoms with Crippen LogP contribution in [0.2, 0.25) is 5.02 Å². The molecule has 2 aromatic carbocycles. The van der Waals surface area contributed by atoms with E-state index in [1.807, 2.05) is 0 Å². The Balaban J connectivity index is 1.69. The van der Waals surface area contributed by atoms with E-state index in [1.54, 1.807) is 47.8 Å². The first-order valence-corrected chi connectivity index (χ1v) is 10.2. The van der Waals surface area contributed by atoms with Gasteiger partial charge in [-0.15, -0.1) is 11.3 Å². The first kappa shape index (κ1) is 18.9. The van der Waals surface area contributed by atoms with Crippen molar-refractivity contribution in [3.8, 4) is 11.1 Å². The number of rotatable bonds is 5. The number of Topliss-reactive ketones (excluding diaryl/α,β-unsaturated/α-hetero) is 1. The lowest BCUT2D eigenvalue weighted by atomic mass is 10.0. The van der Waals surface area contributed by atoms with E-state index in [0.717, 1.165) is 5.56 Å². The van der Waals surface area contributed by atoms with Gasteiger partial charge in [-0.3, -0.25) is 4.79 Å².